The lowest BCUT2D eigenvalue weighted by Crippen LogP contribution is -2.39. The van der Waals surface area contributed by atoms with Crippen LogP contribution in [0.3, 0.4) is 0 Å². The number of rotatable bonds is 16. The van der Waals surface area contributed by atoms with Gasteiger partial charge in [-0.1, -0.05) is 32.4 Å². The van der Waals surface area contributed by atoms with E-state index in [9.17, 15) is 14.4 Å². The summed E-state index contributed by atoms with van der Waals surface area (Å²) in [6.45, 7) is 10.3. The highest BCUT2D eigenvalue weighted by Gasteiger charge is 2.09. The molecule has 2 amide bonds. The van der Waals surface area contributed by atoms with Gasteiger partial charge in [-0.25, -0.2) is 5.01 Å². The smallest absolute Gasteiger partial charge is 0.303 e. The van der Waals surface area contributed by atoms with E-state index in [0.29, 0.717) is 6.54 Å². The molecule has 28 heavy (non-hydrogen) atoms. The van der Waals surface area contributed by atoms with Crippen LogP contribution in [0.4, 0.5) is 0 Å². The number of amides is 2. The summed E-state index contributed by atoms with van der Waals surface area (Å²) in [5, 5.41) is 18.1. The summed E-state index contributed by atoms with van der Waals surface area (Å²) in [4.78, 5) is 33.4. The Bertz CT molecular complexity index is 534. The van der Waals surface area contributed by atoms with Gasteiger partial charge in [0.05, 0.1) is 13.0 Å². The molecule has 0 spiro atoms. The van der Waals surface area contributed by atoms with Gasteiger partial charge in [0, 0.05) is 38.8 Å². The van der Waals surface area contributed by atoms with E-state index in [2.05, 4.69) is 48.1 Å². The largest absolute Gasteiger partial charge is 0.481 e. The fourth-order valence-corrected chi connectivity index (χ4v) is 2.56. The average molecular weight is 397 g/mol. The number of aliphatic carboxylic acids is 1. The van der Waals surface area contributed by atoms with Gasteiger partial charge in [-0.05, 0) is 25.8 Å². The number of hydrazine groups is 1. The van der Waals surface area contributed by atoms with E-state index in [1.807, 2.05) is 6.08 Å². The minimum Gasteiger partial charge on any atom is -0.481 e. The molecule has 0 bridgehead atoms. The zero-order chi connectivity index (χ0) is 21.4. The van der Waals surface area contributed by atoms with Crippen LogP contribution >= 0.6 is 0 Å². The lowest BCUT2D eigenvalue weighted by molar-refractivity contribution is -0.138. The molecule has 8 heteroatoms. The maximum Gasteiger partial charge on any atom is 0.303 e. The van der Waals surface area contributed by atoms with Gasteiger partial charge in [0.2, 0.25) is 11.8 Å². The predicted molar refractivity (Wildman–Crippen MR) is 110 cm³/mol. The highest BCUT2D eigenvalue weighted by Crippen LogP contribution is 2.10. The molecule has 0 aromatic heterocycles. The minimum absolute atomic E-state index is 0.117. The molecule has 3 N–H and O–H groups in total. The molecule has 0 saturated carbocycles. The normalized spacial score (nSPS) is 11.2. The quantitative estimate of drug-likeness (QED) is 0.209. The van der Waals surface area contributed by atoms with Crippen LogP contribution in [0, 0.1) is 0 Å². The first kappa shape index (κ1) is 25.6. The Labute approximate surface area is 168 Å². The van der Waals surface area contributed by atoms with Crippen LogP contribution in [0.5, 0.6) is 0 Å². The molecule has 0 aliphatic heterocycles. The molecule has 0 radical (unpaired) electrons. The summed E-state index contributed by atoms with van der Waals surface area (Å²) in [6, 6.07) is 0. The molecule has 0 aliphatic carbocycles. The van der Waals surface area contributed by atoms with E-state index < -0.39 is 11.9 Å². The molecule has 0 fully saturated rings. The lowest BCUT2D eigenvalue weighted by atomic mass is 10.2. The number of carbonyl (C=O) groups excluding carboxylic acids is 2. The number of carboxylic acid groups (broad SMARTS) is 1. The first-order chi connectivity index (χ1) is 13.3. The van der Waals surface area contributed by atoms with E-state index >= 15 is 0 Å². The molecule has 0 unspecified atom stereocenters. The number of hydrogen-bond donors (Lipinski definition) is 3. The fraction of sp³-hybridized carbons (Fsp3) is 0.650. The molecule has 8 nitrogen and oxygen atoms in total. The van der Waals surface area contributed by atoms with E-state index in [4.69, 9.17) is 5.11 Å². The van der Waals surface area contributed by atoms with Crippen molar-refractivity contribution in [2.45, 2.75) is 52.4 Å². The van der Waals surface area contributed by atoms with Crippen molar-refractivity contribution in [3.63, 3.8) is 0 Å². The average Bonchev–Trinajstić information content (AvgIpc) is 2.66. The second-order valence-corrected chi connectivity index (χ2v) is 6.58. The van der Waals surface area contributed by atoms with Crippen molar-refractivity contribution in [2.75, 3.05) is 33.2 Å². The van der Waals surface area contributed by atoms with Crippen molar-refractivity contribution in [1.29, 1.82) is 0 Å². The molecule has 0 heterocycles. The third-order valence-electron chi connectivity index (χ3n) is 4.27. The Kier molecular flexibility index (Phi) is 14.4. The van der Waals surface area contributed by atoms with Gasteiger partial charge < -0.3 is 20.7 Å². The van der Waals surface area contributed by atoms with Crippen molar-refractivity contribution in [2.24, 2.45) is 0 Å². The van der Waals surface area contributed by atoms with Gasteiger partial charge in [-0.2, -0.15) is 0 Å². The van der Waals surface area contributed by atoms with Gasteiger partial charge in [0.1, 0.15) is 0 Å². The predicted octanol–water partition coefficient (Wildman–Crippen LogP) is 1.90. The van der Waals surface area contributed by atoms with Crippen LogP contribution in [0.1, 0.15) is 52.4 Å². The third kappa shape index (κ3) is 12.9. The molecule has 0 aliphatic rings. The van der Waals surface area contributed by atoms with Crippen molar-refractivity contribution >= 4 is 17.8 Å². The Hall–Kier alpha value is -2.35. The number of carbonyl (C=O) groups is 3. The number of carboxylic acids is 1. The number of allylic oxidation sites excluding steroid dienone is 3. The maximum atomic E-state index is 11.6. The topological polar surface area (TPSA) is 102 Å². The van der Waals surface area contributed by atoms with Crippen molar-refractivity contribution in [3.8, 4) is 0 Å². The Morgan fingerprint density at radius 1 is 1.04 bits per heavy atom. The Morgan fingerprint density at radius 2 is 1.71 bits per heavy atom. The zero-order valence-electron chi connectivity index (χ0n) is 17.5. The second-order valence-electron chi connectivity index (χ2n) is 6.58. The molecule has 0 atom stereocenters. The van der Waals surface area contributed by atoms with E-state index in [-0.39, 0.29) is 25.3 Å². The third-order valence-corrected chi connectivity index (χ3v) is 4.27. The SMILES string of the molecule is C=C/C=C(\C)N(CCCCCCNC(=O)CNC(=O)CCC(=O)O)N(C)CC. The number of nitrogens with one attached hydrogen (secondary N) is 2. The highest BCUT2D eigenvalue weighted by atomic mass is 16.4. The second kappa shape index (κ2) is 15.7. The number of nitrogens with zero attached hydrogens (tertiary/aromatic N) is 2. The number of hydrogen-bond acceptors (Lipinski definition) is 5. The van der Waals surface area contributed by atoms with Crippen molar-refractivity contribution in [1.82, 2.24) is 20.7 Å². The molecular weight excluding hydrogens is 360 g/mol. The van der Waals surface area contributed by atoms with Crippen LogP contribution in [0.2, 0.25) is 0 Å². The molecule has 0 saturated heterocycles. The molecule has 0 rings (SSSR count). The maximum absolute atomic E-state index is 11.6. The van der Waals surface area contributed by atoms with Crippen LogP contribution < -0.4 is 10.6 Å². The summed E-state index contributed by atoms with van der Waals surface area (Å²) < 4.78 is 0. The summed E-state index contributed by atoms with van der Waals surface area (Å²) in [5.41, 5.74) is 1.16. The monoisotopic (exact) mass is 396 g/mol. The molecule has 0 aromatic carbocycles. The zero-order valence-corrected chi connectivity index (χ0v) is 17.5. The van der Waals surface area contributed by atoms with Crippen molar-refractivity contribution in [3.05, 3.63) is 24.4 Å². The lowest BCUT2D eigenvalue weighted by Gasteiger charge is -2.33. The van der Waals surface area contributed by atoms with Crippen LogP contribution in [-0.2, 0) is 14.4 Å². The standard InChI is InChI=1S/C20H36N4O4/c1-5-11-17(3)24(23(4)6-2)15-10-8-7-9-14-21-19(26)16-22-18(25)12-13-20(27)28/h5,11H,1,6-10,12-16H2,2-4H3,(H,21,26)(H,22,25)(H,27,28)/b17-11+. The van der Waals surface area contributed by atoms with Crippen LogP contribution in [-0.4, -0.2) is 66.1 Å². The van der Waals surface area contributed by atoms with Crippen LogP contribution in [0.25, 0.3) is 0 Å². The van der Waals surface area contributed by atoms with Gasteiger partial charge in [0.15, 0.2) is 0 Å². The van der Waals surface area contributed by atoms with E-state index in [1.165, 1.54) is 0 Å². The Morgan fingerprint density at radius 3 is 2.32 bits per heavy atom. The molecule has 0 aromatic rings. The van der Waals surface area contributed by atoms with E-state index in [0.717, 1.165) is 44.5 Å². The van der Waals surface area contributed by atoms with Gasteiger partial charge in [-0.15, -0.1) is 0 Å². The number of unbranched alkanes of at least 4 members (excludes halogenated alkanes) is 3. The van der Waals surface area contributed by atoms with E-state index in [1.54, 1.807) is 6.08 Å². The van der Waals surface area contributed by atoms with Gasteiger partial charge in [-0.3, -0.25) is 14.4 Å². The van der Waals surface area contributed by atoms with Crippen molar-refractivity contribution < 1.29 is 19.5 Å². The first-order valence-corrected chi connectivity index (χ1v) is 9.84. The first-order valence-electron chi connectivity index (χ1n) is 9.84. The van der Waals surface area contributed by atoms with Gasteiger partial charge >= 0.3 is 5.97 Å². The summed E-state index contributed by atoms with van der Waals surface area (Å²) in [6.07, 6.45) is 7.46. The van der Waals surface area contributed by atoms with Crippen LogP contribution in [0.15, 0.2) is 24.4 Å². The highest BCUT2D eigenvalue weighted by molar-refractivity contribution is 5.86. The molecular formula is C20H36N4O4. The summed E-state index contributed by atoms with van der Waals surface area (Å²) in [7, 11) is 2.07. The fourth-order valence-electron chi connectivity index (χ4n) is 2.56. The molecule has 160 valence electrons. The summed E-state index contributed by atoms with van der Waals surface area (Å²) >= 11 is 0. The van der Waals surface area contributed by atoms with Gasteiger partial charge in [0.25, 0.3) is 0 Å². The Balaban J connectivity index is 3.85. The summed E-state index contributed by atoms with van der Waals surface area (Å²) in [5.74, 6) is -1.72. The minimum atomic E-state index is -1.03.